The number of hydrogen-bond donors (Lipinski definition) is 0. The molecule has 1 heterocycles. The molecule has 9 nitrogen and oxygen atoms in total. The fourth-order valence-corrected chi connectivity index (χ4v) is 3.90. The molecule has 5 atom stereocenters. The first-order valence-electron chi connectivity index (χ1n) is 11.4. The predicted octanol–water partition coefficient (Wildman–Crippen LogP) is 1.86. The van der Waals surface area contributed by atoms with Gasteiger partial charge in [0.05, 0.1) is 0 Å². The zero-order chi connectivity index (χ0) is 25.1. The van der Waals surface area contributed by atoms with Crippen LogP contribution < -0.4 is 0 Å². The Morgan fingerprint density at radius 1 is 0.867 bits per heavy atom. The second-order valence-corrected chi connectivity index (χ2v) is 7.19. The minimum atomic E-state index is -1.49. The van der Waals surface area contributed by atoms with E-state index in [0.29, 0.717) is 4.90 Å². The van der Waals surface area contributed by atoms with Crippen molar-refractivity contribution < 1.29 is 48.3 Å². The molecule has 1 aromatic carbocycles. The van der Waals surface area contributed by atoms with Gasteiger partial charge in [0.25, 0.3) is 0 Å². The summed E-state index contributed by atoms with van der Waals surface area (Å²) in [5, 5.41) is 0. The van der Waals surface area contributed by atoms with Gasteiger partial charge >= 0.3 is 23.9 Å². The molecule has 164 valence electrons. The molecule has 0 aliphatic carbocycles. The molecule has 0 spiro atoms. The highest BCUT2D eigenvalue weighted by molar-refractivity contribution is 7.99. The van der Waals surface area contributed by atoms with Gasteiger partial charge in [-0.25, -0.2) is 0 Å². The molecule has 10 heteroatoms. The minimum absolute atomic E-state index is 0.493. The third-order valence-electron chi connectivity index (χ3n) is 3.80. The van der Waals surface area contributed by atoms with Crippen molar-refractivity contribution in [1.82, 2.24) is 0 Å². The molecule has 0 saturated carbocycles. The molecule has 0 bridgehead atoms. The number of esters is 4. The summed E-state index contributed by atoms with van der Waals surface area (Å²) in [4.78, 5) is 48.2. The first-order chi connectivity index (χ1) is 16.3. The molecule has 2 rings (SSSR count). The number of carbonyl (C=O) groups is 4. The monoisotopic (exact) mass is 444 g/mol. The molecule has 1 aliphatic rings. The lowest BCUT2D eigenvalue weighted by Gasteiger charge is -2.44. The summed E-state index contributed by atoms with van der Waals surface area (Å²) < 4.78 is 55.7. The van der Waals surface area contributed by atoms with E-state index in [-0.39, 0.29) is 0 Å². The Labute approximate surface area is 183 Å². The lowest BCUT2D eigenvalue weighted by Crippen LogP contribution is -2.61. The Hall–Kier alpha value is -2.59. The van der Waals surface area contributed by atoms with Crippen LogP contribution in [0.1, 0.15) is 33.1 Å². The Kier molecular flexibility index (Phi) is 6.66. The fraction of sp³-hybridized carbons (Fsp3) is 0.500. The van der Waals surface area contributed by atoms with Crippen LogP contribution in [-0.2, 0) is 42.9 Å². The van der Waals surface area contributed by atoms with Gasteiger partial charge in [-0.15, -0.1) is 0 Å². The average Bonchev–Trinajstić information content (AvgIpc) is 2.85. The largest absolute Gasteiger partial charge is 0.463 e. The molecular formula is C20H24O9S. The van der Waals surface area contributed by atoms with Gasteiger partial charge in [0.2, 0.25) is 0 Å². The van der Waals surface area contributed by atoms with Crippen molar-refractivity contribution in [3.8, 4) is 0 Å². The predicted molar refractivity (Wildman–Crippen MR) is 104 cm³/mol. The molecule has 0 N–H and O–H groups in total. The van der Waals surface area contributed by atoms with Crippen LogP contribution in [-0.4, -0.2) is 60.3 Å². The van der Waals surface area contributed by atoms with Crippen molar-refractivity contribution in [2.24, 2.45) is 0 Å². The average molecular weight is 444 g/mol. The van der Waals surface area contributed by atoms with Gasteiger partial charge in [0.15, 0.2) is 18.3 Å². The molecule has 30 heavy (non-hydrogen) atoms. The fourth-order valence-electron chi connectivity index (χ4n) is 2.77. The summed E-state index contributed by atoms with van der Waals surface area (Å²) in [6.07, 6.45) is -5.55. The maximum absolute atomic E-state index is 12.0. The van der Waals surface area contributed by atoms with Crippen molar-refractivity contribution in [2.45, 2.75) is 62.3 Å². The molecule has 0 aromatic heterocycles. The molecule has 1 saturated heterocycles. The van der Waals surface area contributed by atoms with E-state index in [2.05, 4.69) is 0 Å². The van der Waals surface area contributed by atoms with Crippen LogP contribution in [0.25, 0.3) is 0 Å². The molecule has 1 fully saturated rings. The maximum atomic E-state index is 12.0. The van der Waals surface area contributed by atoms with E-state index in [1.54, 1.807) is 30.3 Å². The second-order valence-electron chi connectivity index (χ2n) is 6.02. The first kappa shape index (κ1) is 18.2. The van der Waals surface area contributed by atoms with E-state index in [1.165, 1.54) is 0 Å². The van der Waals surface area contributed by atoms with Gasteiger partial charge in [-0.2, -0.15) is 0 Å². The summed E-state index contributed by atoms with van der Waals surface area (Å²) in [6, 6.07) is 8.76. The van der Waals surface area contributed by atoms with Crippen LogP contribution in [0.5, 0.6) is 0 Å². The number of thioether (sulfide) groups is 1. The lowest BCUT2D eigenvalue weighted by atomic mass is 9.99. The number of hydrogen-bond acceptors (Lipinski definition) is 10. The number of rotatable bonds is 7. The lowest BCUT2D eigenvalue weighted by molar-refractivity contribution is -0.237. The third-order valence-corrected chi connectivity index (χ3v) is 4.95. The van der Waals surface area contributed by atoms with Crippen molar-refractivity contribution in [3.05, 3.63) is 30.3 Å². The third kappa shape index (κ3) is 7.03. The molecule has 0 radical (unpaired) electrons. The second kappa shape index (κ2) is 11.0. The Balaban J connectivity index is 2.47. The van der Waals surface area contributed by atoms with E-state index >= 15 is 0 Å². The van der Waals surface area contributed by atoms with Crippen molar-refractivity contribution >= 4 is 35.6 Å². The van der Waals surface area contributed by atoms with Gasteiger partial charge in [0, 0.05) is 38.0 Å². The smallest absolute Gasteiger partial charge is 0.303 e. The highest BCUT2D eigenvalue weighted by Crippen LogP contribution is 2.37. The Morgan fingerprint density at radius 2 is 1.43 bits per heavy atom. The molecule has 0 amide bonds. The van der Waals surface area contributed by atoms with E-state index in [1.807, 2.05) is 0 Å². The highest BCUT2D eigenvalue weighted by atomic mass is 32.2. The number of carbonyl (C=O) groups excluding carboxylic acids is 4. The van der Waals surface area contributed by atoms with Crippen LogP contribution in [0.4, 0.5) is 0 Å². The maximum Gasteiger partial charge on any atom is 0.303 e. The van der Waals surface area contributed by atoms with Gasteiger partial charge in [-0.3, -0.25) is 19.2 Å². The van der Waals surface area contributed by atoms with Crippen molar-refractivity contribution in [1.29, 1.82) is 0 Å². The molecule has 1 aromatic rings. The summed E-state index contributed by atoms with van der Waals surface area (Å²) in [6.45, 7) is -3.49. The SMILES string of the molecule is [2H]CC(=O)OC[C@H]1OC(Sc2ccccc2)[C@H](OC(=O)C[2H])[C@@H](OC(=O)C[2H])[C@@H]1OC(=O)C[2H]. The van der Waals surface area contributed by atoms with Crippen LogP contribution >= 0.6 is 11.8 Å². The van der Waals surface area contributed by atoms with E-state index in [0.717, 1.165) is 11.8 Å². The Morgan fingerprint density at radius 3 is 2.03 bits per heavy atom. The molecule has 1 aliphatic heterocycles. The highest BCUT2D eigenvalue weighted by Gasteiger charge is 2.52. The summed E-state index contributed by atoms with van der Waals surface area (Å²) in [7, 11) is 0. The van der Waals surface area contributed by atoms with Gasteiger partial charge < -0.3 is 23.7 Å². The normalized spacial score (nSPS) is 27.4. The van der Waals surface area contributed by atoms with Gasteiger partial charge in [0.1, 0.15) is 18.1 Å². The van der Waals surface area contributed by atoms with Crippen LogP contribution in [0.3, 0.4) is 0 Å². The zero-order valence-corrected chi connectivity index (χ0v) is 16.7. The topological polar surface area (TPSA) is 114 Å². The zero-order valence-electron chi connectivity index (χ0n) is 19.9. The van der Waals surface area contributed by atoms with Crippen LogP contribution in [0.2, 0.25) is 0 Å². The van der Waals surface area contributed by atoms with Gasteiger partial charge in [-0.05, 0) is 12.1 Å². The summed E-state index contributed by atoms with van der Waals surface area (Å²) in [5.74, 6) is -3.89. The summed E-state index contributed by atoms with van der Waals surface area (Å²) >= 11 is 1.08. The molecular weight excluding hydrogens is 416 g/mol. The van der Waals surface area contributed by atoms with E-state index in [9.17, 15) is 19.2 Å². The van der Waals surface area contributed by atoms with Crippen LogP contribution in [0.15, 0.2) is 35.2 Å². The molecule has 1 unspecified atom stereocenters. The quantitative estimate of drug-likeness (QED) is 0.456. The Bertz CT molecular complexity index is 845. The summed E-state index contributed by atoms with van der Waals surface area (Å²) in [5.41, 5.74) is -1.06. The number of ether oxygens (including phenoxy) is 5. The van der Waals surface area contributed by atoms with E-state index in [4.69, 9.17) is 29.2 Å². The van der Waals surface area contributed by atoms with Crippen LogP contribution in [0, 0.1) is 0 Å². The standard InChI is InChI=1S/C20H24O9S/c1-11(21)25-10-16-17(26-12(2)22)18(27-13(3)23)19(28-14(4)24)20(29-16)30-15-8-6-5-7-9-15/h5-9,16-20H,10H2,1-4H3/t16-,17-,18+,19-,20?/m1/s1/i1D,2D,3D,4D. The van der Waals surface area contributed by atoms with Crippen molar-refractivity contribution in [2.75, 3.05) is 6.61 Å². The van der Waals surface area contributed by atoms with Gasteiger partial charge in [-0.1, -0.05) is 30.0 Å². The van der Waals surface area contributed by atoms with Crippen molar-refractivity contribution in [3.63, 3.8) is 0 Å². The number of benzene rings is 1. The van der Waals surface area contributed by atoms with E-state index < -0.39 is 87.9 Å². The minimum Gasteiger partial charge on any atom is -0.463 e. The first-order valence-corrected chi connectivity index (χ1v) is 9.49.